The van der Waals surface area contributed by atoms with E-state index >= 15 is 0 Å². The molecule has 1 aliphatic rings. The van der Waals surface area contributed by atoms with Crippen LogP contribution in [0.3, 0.4) is 0 Å². The van der Waals surface area contributed by atoms with E-state index in [-0.39, 0.29) is 43.8 Å². The summed E-state index contributed by atoms with van der Waals surface area (Å²) in [5.41, 5.74) is 4.70. The highest BCUT2D eigenvalue weighted by Crippen LogP contribution is 2.32. The van der Waals surface area contributed by atoms with Crippen LogP contribution in [0, 0.1) is 17.8 Å². The van der Waals surface area contributed by atoms with Gasteiger partial charge in [-0.05, 0) is 65.0 Å². The number of ether oxygens (including phenoxy) is 1. The minimum absolute atomic E-state index is 0.131. The van der Waals surface area contributed by atoms with Crippen molar-refractivity contribution in [3.05, 3.63) is 126 Å². The average molecular weight is 819 g/mol. The number of hydrogen-bond donors (Lipinski definition) is 4. The summed E-state index contributed by atoms with van der Waals surface area (Å²) in [6.07, 6.45) is 0.860. The molecule has 3 aromatic carbocycles. The maximum absolute atomic E-state index is 14.9. The Kier molecular flexibility index (Phi) is 15.5. The molecule has 5 rings (SSSR count). The molecule has 0 spiro atoms. The quantitative estimate of drug-likeness (QED) is 0.0856. The van der Waals surface area contributed by atoms with Crippen molar-refractivity contribution in [2.45, 2.75) is 91.5 Å². The van der Waals surface area contributed by atoms with Crippen LogP contribution in [-0.4, -0.2) is 95.3 Å². The first-order valence-corrected chi connectivity index (χ1v) is 20.8. The number of carbonyl (C=O) groups excluding carboxylic acids is 4. The van der Waals surface area contributed by atoms with E-state index in [0.717, 1.165) is 33.5 Å². The van der Waals surface area contributed by atoms with Gasteiger partial charge in [0, 0.05) is 56.8 Å². The number of alkyl carbamates (subject to hydrolysis) is 1. The Hall–Kier alpha value is -5.75. The standard InChI is InChI=1S/C48H62N6O6/c1-33-15-11-12-18-37(33)31-53-27-28-54(46(53)59)43(47(2,3)4)44(57)52-42(40(55)24-26-50-41(56)30-48(5,6)32-51-45(58)60-7)38(35-16-9-8-10-17-35)29-34-20-22-36(23-21-34)39-19-13-14-25-49-39/h8-23,25,38,40,42-43,55H,24,26-32H2,1-7H3,(H,50,56)(H,51,58)(H,52,57). The van der Waals surface area contributed by atoms with Crippen LogP contribution in [0.1, 0.15) is 75.6 Å². The summed E-state index contributed by atoms with van der Waals surface area (Å²) in [4.78, 5) is 61.7. The third-order valence-electron chi connectivity index (χ3n) is 11.2. The van der Waals surface area contributed by atoms with Crippen LogP contribution in [0.5, 0.6) is 0 Å². The summed E-state index contributed by atoms with van der Waals surface area (Å²) >= 11 is 0. The van der Waals surface area contributed by atoms with E-state index in [1.54, 1.807) is 16.0 Å². The zero-order chi connectivity index (χ0) is 43.5. The van der Waals surface area contributed by atoms with Crippen molar-refractivity contribution in [2.75, 3.05) is 33.3 Å². The number of nitrogens with one attached hydrogen (secondary N) is 3. The Morgan fingerprint density at radius 2 is 1.55 bits per heavy atom. The number of aliphatic hydroxyl groups excluding tert-OH is 1. The third kappa shape index (κ3) is 12.4. The normalized spacial score (nSPS) is 15.2. The Morgan fingerprint density at radius 3 is 2.20 bits per heavy atom. The van der Waals surface area contributed by atoms with Gasteiger partial charge in [-0.2, -0.15) is 0 Å². The summed E-state index contributed by atoms with van der Waals surface area (Å²) in [7, 11) is 1.29. The molecule has 0 radical (unpaired) electrons. The van der Waals surface area contributed by atoms with Gasteiger partial charge in [-0.15, -0.1) is 0 Å². The number of amides is 5. The van der Waals surface area contributed by atoms with Gasteiger partial charge in [0.2, 0.25) is 11.8 Å². The molecule has 5 amide bonds. The van der Waals surface area contributed by atoms with Crippen molar-refractivity contribution in [2.24, 2.45) is 10.8 Å². The van der Waals surface area contributed by atoms with Gasteiger partial charge in [0.25, 0.3) is 0 Å². The lowest BCUT2D eigenvalue weighted by molar-refractivity contribution is -0.130. The van der Waals surface area contributed by atoms with Gasteiger partial charge in [-0.3, -0.25) is 14.6 Å². The van der Waals surface area contributed by atoms with Crippen LogP contribution in [0.4, 0.5) is 9.59 Å². The Morgan fingerprint density at radius 1 is 0.867 bits per heavy atom. The van der Waals surface area contributed by atoms with E-state index in [1.165, 1.54) is 7.11 Å². The van der Waals surface area contributed by atoms with E-state index in [9.17, 15) is 24.3 Å². The molecule has 4 aromatic rings. The van der Waals surface area contributed by atoms with Crippen LogP contribution in [0.25, 0.3) is 11.3 Å². The highest BCUT2D eigenvalue weighted by atomic mass is 16.5. The smallest absolute Gasteiger partial charge is 0.406 e. The maximum Gasteiger partial charge on any atom is 0.406 e. The number of aryl methyl sites for hydroxylation is 1. The third-order valence-corrected chi connectivity index (χ3v) is 11.2. The van der Waals surface area contributed by atoms with E-state index in [4.69, 9.17) is 0 Å². The Labute approximate surface area is 355 Å². The summed E-state index contributed by atoms with van der Waals surface area (Å²) in [6, 6.07) is 29.9. The molecule has 1 saturated heterocycles. The van der Waals surface area contributed by atoms with Gasteiger partial charge in [0.1, 0.15) is 6.04 Å². The van der Waals surface area contributed by atoms with E-state index in [1.807, 2.05) is 139 Å². The SMILES string of the molecule is COC(=O)NCC(C)(C)CC(=O)NCCC(O)C(NC(=O)C(N1CCN(Cc2ccccc2C)C1=O)C(C)(C)C)C(Cc1ccc(-c2ccccn2)cc1)c1ccccc1. The minimum atomic E-state index is -1.09. The van der Waals surface area contributed by atoms with Crippen molar-refractivity contribution in [1.29, 1.82) is 0 Å². The molecular formula is C48H62N6O6. The number of nitrogens with zero attached hydrogens (tertiary/aromatic N) is 3. The van der Waals surface area contributed by atoms with Gasteiger partial charge in [0.05, 0.1) is 24.9 Å². The van der Waals surface area contributed by atoms with Crippen molar-refractivity contribution in [3.8, 4) is 11.3 Å². The molecule has 12 heteroatoms. The maximum atomic E-state index is 14.9. The first-order valence-electron chi connectivity index (χ1n) is 20.8. The lowest BCUT2D eigenvalue weighted by atomic mass is 9.81. The molecular weight excluding hydrogens is 757 g/mol. The molecule has 0 saturated carbocycles. The second-order valence-corrected chi connectivity index (χ2v) is 17.7. The summed E-state index contributed by atoms with van der Waals surface area (Å²) in [5.74, 6) is -0.979. The van der Waals surface area contributed by atoms with E-state index in [2.05, 4.69) is 25.7 Å². The van der Waals surface area contributed by atoms with Crippen LogP contribution in [0.15, 0.2) is 103 Å². The molecule has 0 bridgehead atoms. The summed E-state index contributed by atoms with van der Waals surface area (Å²) in [6.45, 7) is 13.3. The predicted octanol–water partition coefficient (Wildman–Crippen LogP) is 6.86. The number of carbonyl (C=O) groups is 4. The summed E-state index contributed by atoms with van der Waals surface area (Å²) < 4.78 is 4.67. The fourth-order valence-electron chi connectivity index (χ4n) is 7.92. The highest BCUT2D eigenvalue weighted by Gasteiger charge is 2.45. The number of benzene rings is 3. The van der Waals surface area contributed by atoms with E-state index < -0.39 is 41.0 Å². The molecule has 4 atom stereocenters. The van der Waals surface area contributed by atoms with Gasteiger partial charge in [0.15, 0.2) is 0 Å². The molecule has 1 fully saturated rings. The number of rotatable bonds is 18. The fourth-order valence-corrected chi connectivity index (χ4v) is 7.92. The number of hydrogen-bond acceptors (Lipinski definition) is 7. The van der Waals surface area contributed by atoms with Gasteiger partial charge in [-0.1, -0.05) is 120 Å². The van der Waals surface area contributed by atoms with Crippen molar-refractivity contribution in [3.63, 3.8) is 0 Å². The first-order chi connectivity index (χ1) is 28.6. The number of aliphatic hydroxyl groups is 1. The molecule has 4 unspecified atom stereocenters. The van der Waals surface area contributed by atoms with Crippen LogP contribution in [0.2, 0.25) is 0 Å². The van der Waals surface area contributed by atoms with Crippen LogP contribution >= 0.6 is 0 Å². The van der Waals surface area contributed by atoms with E-state index in [0.29, 0.717) is 26.1 Å². The zero-order valence-electron chi connectivity index (χ0n) is 36.1. The van der Waals surface area contributed by atoms with Gasteiger partial charge in [-0.25, -0.2) is 9.59 Å². The summed E-state index contributed by atoms with van der Waals surface area (Å²) in [5, 5.41) is 21.1. The predicted molar refractivity (Wildman–Crippen MR) is 234 cm³/mol. The monoisotopic (exact) mass is 818 g/mol. The number of pyridine rings is 1. The van der Waals surface area contributed by atoms with Crippen LogP contribution < -0.4 is 16.0 Å². The highest BCUT2D eigenvalue weighted by molar-refractivity contribution is 5.89. The fraction of sp³-hybridized carbons (Fsp3) is 0.438. The average Bonchev–Trinajstić information content (AvgIpc) is 3.57. The molecule has 4 N–H and O–H groups in total. The molecule has 1 aliphatic heterocycles. The Balaban J connectivity index is 1.41. The van der Waals surface area contributed by atoms with Gasteiger partial charge >= 0.3 is 12.1 Å². The topological polar surface area (TPSA) is 153 Å². The first kappa shape index (κ1) is 45.3. The lowest BCUT2D eigenvalue weighted by Crippen LogP contribution is -2.59. The number of methoxy groups -OCH3 is 1. The van der Waals surface area contributed by atoms with Crippen molar-refractivity contribution in [1.82, 2.24) is 30.7 Å². The Bertz CT molecular complexity index is 2040. The molecule has 1 aromatic heterocycles. The largest absolute Gasteiger partial charge is 0.453 e. The van der Waals surface area contributed by atoms with Crippen LogP contribution in [-0.2, 0) is 27.3 Å². The van der Waals surface area contributed by atoms with Gasteiger partial charge < -0.3 is 35.6 Å². The lowest BCUT2D eigenvalue weighted by Gasteiger charge is -2.39. The molecule has 2 heterocycles. The minimum Gasteiger partial charge on any atom is -0.453 e. The zero-order valence-corrected chi connectivity index (χ0v) is 36.1. The molecule has 320 valence electrons. The second-order valence-electron chi connectivity index (χ2n) is 17.7. The van der Waals surface area contributed by atoms with Crippen molar-refractivity contribution < 1.29 is 29.0 Å². The molecule has 0 aliphatic carbocycles. The van der Waals surface area contributed by atoms with Crippen molar-refractivity contribution >= 4 is 23.9 Å². The number of urea groups is 1. The second kappa shape index (κ2) is 20.5. The number of aromatic nitrogens is 1. The molecule has 12 nitrogen and oxygen atoms in total. The molecule has 60 heavy (non-hydrogen) atoms.